The number of aromatic nitrogens is 2. The minimum absolute atomic E-state index is 0.0798. The molecule has 1 unspecified atom stereocenters. The van der Waals surface area contributed by atoms with Crippen LogP contribution in [0.3, 0.4) is 0 Å². The van der Waals surface area contributed by atoms with Gasteiger partial charge in [-0.25, -0.2) is 9.97 Å². The predicted octanol–water partition coefficient (Wildman–Crippen LogP) is 3.03. The van der Waals surface area contributed by atoms with Crippen molar-refractivity contribution in [1.82, 2.24) is 9.97 Å². The van der Waals surface area contributed by atoms with Crippen molar-refractivity contribution >= 4 is 35.0 Å². The number of thioether (sulfide) groups is 1. The number of carbonyl (C=O) groups excluding carboxylic acids is 2. The topological polar surface area (TPSA) is 93.2 Å². The standard InChI is InChI=1S/C18H20N4O3S/c1-4-26-18-19-8-11(9-20-18)12-6-17(24)22-14-7-16(25-3)15(5-13(12)14)21-10(2)23/h5,7-9,12H,4,6H2,1-3H3,(H,21,23)(H,22,24). The van der Waals surface area contributed by atoms with Crippen LogP contribution in [0.25, 0.3) is 0 Å². The number of anilines is 2. The van der Waals surface area contributed by atoms with Crippen LogP contribution in [0.4, 0.5) is 11.4 Å². The van der Waals surface area contributed by atoms with Crippen LogP contribution in [0.2, 0.25) is 0 Å². The highest BCUT2D eigenvalue weighted by Crippen LogP contribution is 2.42. The van der Waals surface area contributed by atoms with Gasteiger partial charge in [-0.15, -0.1) is 0 Å². The Morgan fingerprint density at radius 1 is 1.38 bits per heavy atom. The lowest BCUT2D eigenvalue weighted by atomic mass is 9.85. The lowest BCUT2D eigenvalue weighted by molar-refractivity contribution is -0.117. The average Bonchev–Trinajstić information content (AvgIpc) is 2.61. The fraction of sp³-hybridized carbons (Fsp3) is 0.333. The highest BCUT2D eigenvalue weighted by Gasteiger charge is 2.29. The predicted molar refractivity (Wildman–Crippen MR) is 101 cm³/mol. The molecular weight excluding hydrogens is 352 g/mol. The first kappa shape index (κ1) is 18.2. The van der Waals surface area contributed by atoms with Gasteiger partial charge >= 0.3 is 0 Å². The van der Waals surface area contributed by atoms with E-state index >= 15 is 0 Å². The molecule has 0 radical (unpaired) electrons. The van der Waals surface area contributed by atoms with E-state index < -0.39 is 0 Å². The Balaban J connectivity index is 2.03. The number of nitrogens with one attached hydrogen (secondary N) is 2. The Morgan fingerprint density at radius 3 is 2.73 bits per heavy atom. The molecule has 7 nitrogen and oxygen atoms in total. The molecule has 0 saturated carbocycles. The summed E-state index contributed by atoms with van der Waals surface area (Å²) in [4.78, 5) is 32.4. The van der Waals surface area contributed by atoms with E-state index in [1.54, 1.807) is 30.2 Å². The molecule has 1 atom stereocenters. The van der Waals surface area contributed by atoms with Crippen molar-refractivity contribution in [2.45, 2.75) is 31.3 Å². The van der Waals surface area contributed by atoms with Crippen LogP contribution in [-0.2, 0) is 9.59 Å². The number of ether oxygens (including phenoxy) is 1. The number of nitrogens with zero attached hydrogens (tertiary/aromatic N) is 2. The second kappa shape index (κ2) is 7.74. The number of amides is 2. The van der Waals surface area contributed by atoms with Gasteiger partial charge in [0.15, 0.2) is 5.16 Å². The third-order valence-corrected chi connectivity index (χ3v) is 4.80. The first-order valence-electron chi connectivity index (χ1n) is 8.26. The van der Waals surface area contributed by atoms with Gasteiger partial charge in [0.25, 0.3) is 0 Å². The van der Waals surface area contributed by atoms with E-state index in [-0.39, 0.29) is 17.7 Å². The monoisotopic (exact) mass is 372 g/mol. The Labute approximate surface area is 156 Å². The van der Waals surface area contributed by atoms with E-state index in [1.165, 1.54) is 14.0 Å². The molecule has 2 heterocycles. The lowest BCUT2D eigenvalue weighted by Gasteiger charge is -2.27. The van der Waals surface area contributed by atoms with Gasteiger partial charge in [0.05, 0.1) is 12.8 Å². The van der Waals surface area contributed by atoms with E-state index in [0.717, 1.165) is 16.9 Å². The average molecular weight is 372 g/mol. The summed E-state index contributed by atoms with van der Waals surface area (Å²) in [7, 11) is 1.52. The Kier molecular flexibility index (Phi) is 5.41. The SMILES string of the molecule is CCSc1ncc(C2CC(=O)Nc3cc(OC)c(NC(C)=O)cc32)cn1. The minimum Gasteiger partial charge on any atom is -0.494 e. The van der Waals surface area contributed by atoms with E-state index in [1.807, 2.05) is 13.0 Å². The first-order chi connectivity index (χ1) is 12.5. The van der Waals surface area contributed by atoms with Crippen LogP contribution in [0, 0.1) is 0 Å². The summed E-state index contributed by atoms with van der Waals surface area (Å²) in [5, 5.41) is 6.36. The minimum atomic E-state index is -0.191. The summed E-state index contributed by atoms with van der Waals surface area (Å²) in [5.41, 5.74) is 3.00. The van der Waals surface area contributed by atoms with Crippen molar-refractivity contribution < 1.29 is 14.3 Å². The molecule has 2 amide bonds. The van der Waals surface area contributed by atoms with Crippen molar-refractivity contribution in [3.05, 3.63) is 35.7 Å². The summed E-state index contributed by atoms with van der Waals surface area (Å²) < 4.78 is 5.34. The van der Waals surface area contributed by atoms with E-state index in [0.29, 0.717) is 28.7 Å². The number of rotatable bonds is 5. The molecule has 0 fully saturated rings. The second-order valence-electron chi connectivity index (χ2n) is 5.86. The van der Waals surface area contributed by atoms with Gasteiger partial charge in [-0.05, 0) is 22.9 Å². The van der Waals surface area contributed by atoms with Crippen molar-refractivity contribution in [2.24, 2.45) is 0 Å². The molecule has 0 saturated heterocycles. The molecule has 0 aliphatic carbocycles. The summed E-state index contributed by atoms with van der Waals surface area (Å²) in [6.45, 7) is 3.48. The first-order valence-corrected chi connectivity index (χ1v) is 9.24. The van der Waals surface area contributed by atoms with E-state index in [2.05, 4.69) is 20.6 Å². The van der Waals surface area contributed by atoms with Gasteiger partial charge in [-0.2, -0.15) is 0 Å². The molecule has 136 valence electrons. The van der Waals surface area contributed by atoms with Crippen LogP contribution in [-0.4, -0.2) is 34.6 Å². The van der Waals surface area contributed by atoms with Crippen molar-refractivity contribution in [3.63, 3.8) is 0 Å². The van der Waals surface area contributed by atoms with Crippen molar-refractivity contribution in [1.29, 1.82) is 0 Å². The molecule has 3 rings (SSSR count). The van der Waals surface area contributed by atoms with Gasteiger partial charge in [0.2, 0.25) is 11.8 Å². The lowest BCUT2D eigenvalue weighted by Crippen LogP contribution is -2.24. The normalized spacial score (nSPS) is 15.8. The summed E-state index contributed by atoms with van der Waals surface area (Å²) in [6.07, 6.45) is 3.82. The van der Waals surface area contributed by atoms with E-state index in [4.69, 9.17) is 4.74 Å². The van der Waals surface area contributed by atoms with Crippen molar-refractivity contribution in [2.75, 3.05) is 23.5 Å². The third kappa shape index (κ3) is 3.80. The zero-order valence-corrected chi connectivity index (χ0v) is 15.6. The maximum Gasteiger partial charge on any atom is 0.225 e. The second-order valence-corrected chi connectivity index (χ2v) is 7.09. The van der Waals surface area contributed by atoms with Crippen LogP contribution in [0.5, 0.6) is 5.75 Å². The molecular formula is C18H20N4O3S. The number of benzene rings is 1. The maximum atomic E-state index is 12.2. The number of carbonyl (C=O) groups is 2. The highest BCUT2D eigenvalue weighted by molar-refractivity contribution is 7.99. The smallest absolute Gasteiger partial charge is 0.225 e. The number of hydrogen-bond acceptors (Lipinski definition) is 6. The molecule has 0 bridgehead atoms. The Morgan fingerprint density at radius 2 is 2.12 bits per heavy atom. The number of fused-ring (bicyclic) bond motifs is 1. The molecule has 1 aliphatic rings. The molecule has 2 N–H and O–H groups in total. The summed E-state index contributed by atoms with van der Waals surface area (Å²) >= 11 is 1.57. The highest BCUT2D eigenvalue weighted by atomic mass is 32.2. The zero-order valence-electron chi connectivity index (χ0n) is 14.8. The van der Waals surface area contributed by atoms with Crippen LogP contribution in [0.15, 0.2) is 29.7 Å². The molecule has 0 spiro atoms. The fourth-order valence-corrected chi connectivity index (χ4v) is 3.47. The van der Waals surface area contributed by atoms with Crippen LogP contribution in [0.1, 0.15) is 37.3 Å². The molecule has 1 aromatic carbocycles. The molecule has 1 aliphatic heterocycles. The van der Waals surface area contributed by atoms with Gasteiger partial charge in [-0.1, -0.05) is 18.7 Å². The maximum absolute atomic E-state index is 12.2. The third-order valence-electron chi connectivity index (χ3n) is 4.05. The Hall–Kier alpha value is -2.61. The molecule has 1 aromatic heterocycles. The number of hydrogen-bond donors (Lipinski definition) is 2. The van der Waals surface area contributed by atoms with Gasteiger partial charge in [0.1, 0.15) is 5.75 Å². The molecule has 8 heteroatoms. The fourth-order valence-electron chi connectivity index (χ4n) is 2.95. The molecule has 26 heavy (non-hydrogen) atoms. The van der Waals surface area contributed by atoms with Gasteiger partial charge < -0.3 is 15.4 Å². The quantitative estimate of drug-likeness (QED) is 0.619. The zero-order chi connectivity index (χ0) is 18.7. The molecule has 2 aromatic rings. The summed E-state index contributed by atoms with van der Waals surface area (Å²) in [5.74, 6) is 0.935. The van der Waals surface area contributed by atoms with Crippen LogP contribution < -0.4 is 15.4 Å². The van der Waals surface area contributed by atoms with Crippen molar-refractivity contribution in [3.8, 4) is 5.75 Å². The largest absolute Gasteiger partial charge is 0.494 e. The van der Waals surface area contributed by atoms with Crippen LogP contribution >= 0.6 is 11.8 Å². The number of methoxy groups -OCH3 is 1. The van der Waals surface area contributed by atoms with E-state index in [9.17, 15) is 9.59 Å². The van der Waals surface area contributed by atoms with Gasteiger partial charge in [0, 0.05) is 43.4 Å². The Bertz CT molecular complexity index is 839. The summed E-state index contributed by atoms with van der Waals surface area (Å²) in [6, 6.07) is 3.57. The van der Waals surface area contributed by atoms with Gasteiger partial charge in [-0.3, -0.25) is 9.59 Å².